The van der Waals surface area contributed by atoms with Gasteiger partial charge in [0.2, 0.25) is 5.89 Å². The van der Waals surface area contributed by atoms with Crippen molar-refractivity contribution in [1.29, 1.82) is 0 Å². The van der Waals surface area contributed by atoms with E-state index >= 15 is 0 Å². The van der Waals surface area contributed by atoms with E-state index in [1.807, 2.05) is 0 Å². The van der Waals surface area contributed by atoms with Gasteiger partial charge in [-0.25, -0.2) is 0 Å². The lowest BCUT2D eigenvalue weighted by Gasteiger charge is -2.38. The highest BCUT2D eigenvalue weighted by Crippen LogP contribution is 2.45. The molecule has 1 aromatic heterocycles. The number of aromatic nitrogens is 2. The van der Waals surface area contributed by atoms with Crippen molar-refractivity contribution < 1.29 is 9.26 Å². The lowest BCUT2D eigenvalue weighted by Crippen LogP contribution is -2.37. The molecule has 1 aromatic carbocycles. The van der Waals surface area contributed by atoms with E-state index in [0.717, 1.165) is 44.1 Å². The van der Waals surface area contributed by atoms with E-state index in [9.17, 15) is 0 Å². The Labute approximate surface area is 130 Å². The molecular weight excluding hydrogens is 278 g/mol. The average Bonchev–Trinajstić information content (AvgIpc) is 3.03. The number of ether oxygens (including phenoxy) is 1. The first-order valence-corrected chi connectivity index (χ1v) is 8.05. The second-order valence-corrected chi connectivity index (χ2v) is 6.34. The zero-order valence-corrected chi connectivity index (χ0v) is 12.6. The molecule has 1 aliphatic heterocycles. The van der Waals surface area contributed by atoms with Gasteiger partial charge in [-0.3, -0.25) is 0 Å². The molecule has 1 saturated carbocycles. The molecule has 2 heterocycles. The van der Waals surface area contributed by atoms with E-state index in [4.69, 9.17) is 14.2 Å². The summed E-state index contributed by atoms with van der Waals surface area (Å²) < 4.78 is 11.1. The fraction of sp³-hybridized carbons (Fsp3) is 0.529. The van der Waals surface area contributed by atoms with Crippen molar-refractivity contribution in [3.8, 4) is 0 Å². The van der Waals surface area contributed by atoms with Crippen molar-refractivity contribution in [3.05, 3.63) is 47.6 Å². The van der Waals surface area contributed by atoms with Crippen LogP contribution in [0.5, 0.6) is 0 Å². The van der Waals surface area contributed by atoms with E-state index in [2.05, 4.69) is 40.8 Å². The molecule has 4 rings (SSSR count). The van der Waals surface area contributed by atoms with Gasteiger partial charge in [0.15, 0.2) is 5.82 Å². The van der Waals surface area contributed by atoms with E-state index < -0.39 is 0 Å². The minimum absolute atomic E-state index is 0.0299. The normalized spacial score (nSPS) is 23.9. The highest BCUT2D eigenvalue weighted by atomic mass is 16.5. The Morgan fingerprint density at radius 2 is 2.09 bits per heavy atom. The van der Waals surface area contributed by atoms with Gasteiger partial charge in [0, 0.05) is 6.54 Å². The summed E-state index contributed by atoms with van der Waals surface area (Å²) in [6, 6.07) is 10.6. The number of hydrogen-bond acceptors (Lipinski definition) is 5. The quantitative estimate of drug-likeness (QED) is 0.939. The molecule has 2 fully saturated rings. The highest BCUT2D eigenvalue weighted by Gasteiger charge is 2.44. The maximum Gasteiger partial charge on any atom is 0.233 e. The summed E-state index contributed by atoms with van der Waals surface area (Å²) in [5.74, 6) is 1.53. The van der Waals surface area contributed by atoms with Crippen molar-refractivity contribution >= 4 is 0 Å². The minimum atomic E-state index is 0.0299. The summed E-state index contributed by atoms with van der Waals surface area (Å²) >= 11 is 0. The van der Waals surface area contributed by atoms with Crippen LogP contribution in [0.1, 0.15) is 42.6 Å². The van der Waals surface area contributed by atoms with Crippen molar-refractivity contribution in [3.63, 3.8) is 0 Å². The number of benzene rings is 1. The Balaban J connectivity index is 1.55. The first kappa shape index (κ1) is 13.9. The first-order chi connectivity index (χ1) is 10.9. The number of rotatable bonds is 4. The molecule has 2 aromatic rings. The zero-order chi connectivity index (χ0) is 14.8. The molecular formula is C17H21N3O2. The molecule has 1 unspecified atom stereocenters. The van der Waals surface area contributed by atoms with Gasteiger partial charge in [-0.15, -0.1) is 0 Å². The summed E-state index contributed by atoms with van der Waals surface area (Å²) in [4.78, 5) is 4.70. The number of hydrogen-bond donors (Lipinski definition) is 1. The monoisotopic (exact) mass is 299 g/mol. The summed E-state index contributed by atoms with van der Waals surface area (Å²) in [7, 11) is 0. The van der Waals surface area contributed by atoms with Crippen molar-refractivity contribution in [1.82, 2.24) is 15.5 Å². The van der Waals surface area contributed by atoms with Crippen LogP contribution in [-0.2, 0) is 16.6 Å². The van der Waals surface area contributed by atoms with E-state index in [1.54, 1.807) is 0 Å². The van der Waals surface area contributed by atoms with Crippen molar-refractivity contribution in [2.45, 2.75) is 37.1 Å². The van der Waals surface area contributed by atoms with Gasteiger partial charge in [0.25, 0.3) is 0 Å². The van der Waals surface area contributed by atoms with Gasteiger partial charge in [-0.1, -0.05) is 41.9 Å². The molecule has 5 heteroatoms. The van der Waals surface area contributed by atoms with Crippen LogP contribution < -0.4 is 5.32 Å². The molecule has 116 valence electrons. The third-order valence-electron chi connectivity index (χ3n) is 4.82. The van der Waals surface area contributed by atoms with Gasteiger partial charge in [-0.05, 0) is 24.8 Å². The topological polar surface area (TPSA) is 60.2 Å². The van der Waals surface area contributed by atoms with E-state index in [1.165, 1.54) is 12.0 Å². The maximum absolute atomic E-state index is 5.64. The molecule has 5 nitrogen and oxygen atoms in total. The fourth-order valence-electron chi connectivity index (χ4n) is 3.38. The third kappa shape index (κ3) is 2.55. The van der Waals surface area contributed by atoms with Gasteiger partial charge >= 0.3 is 0 Å². The molecule has 1 N–H and O–H groups in total. The zero-order valence-electron chi connectivity index (χ0n) is 12.6. The Morgan fingerprint density at radius 1 is 1.23 bits per heavy atom. The summed E-state index contributed by atoms with van der Waals surface area (Å²) in [6.45, 7) is 2.20. The van der Waals surface area contributed by atoms with Crippen LogP contribution in [-0.4, -0.2) is 29.9 Å². The number of nitrogens with one attached hydrogen (secondary N) is 1. The molecule has 0 spiro atoms. The third-order valence-corrected chi connectivity index (χ3v) is 4.82. The summed E-state index contributed by atoms with van der Waals surface area (Å²) in [5.41, 5.74) is 1.36. The Kier molecular flexibility index (Phi) is 3.68. The van der Waals surface area contributed by atoms with Crippen LogP contribution in [0.3, 0.4) is 0 Å². The predicted octanol–water partition coefficient (Wildman–Crippen LogP) is 2.39. The van der Waals surface area contributed by atoms with E-state index in [0.29, 0.717) is 6.61 Å². The molecule has 1 saturated heterocycles. The molecule has 1 aliphatic carbocycles. The maximum atomic E-state index is 5.64. The Morgan fingerprint density at radius 3 is 2.77 bits per heavy atom. The predicted molar refractivity (Wildman–Crippen MR) is 81.5 cm³/mol. The van der Waals surface area contributed by atoms with Crippen molar-refractivity contribution in [2.75, 3.05) is 19.8 Å². The highest BCUT2D eigenvalue weighted by molar-refractivity contribution is 5.23. The average molecular weight is 299 g/mol. The molecule has 0 amide bonds. The standard InChI is InChI=1S/C17H21N3O2/c1-2-5-13(6-3-1)11-17(7-4-8-17)16-19-15(20-22-16)14-12-21-10-9-18-14/h1-3,5-6,14,18H,4,7-12H2. The van der Waals surface area contributed by atoms with Crippen molar-refractivity contribution in [2.24, 2.45) is 0 Å². The number of nitrogens with zero attached hydrogens (tertiary/aromatic N) is 2. The van der Waals surface area contributed by atoms with Gasteiger partial charge < -0.3 is 14.6 Å². The molecule has 0 bridgehead atoms. The summed E-state index contributed by atoms with van der Waals surface area (Å²) in [5, 5.41) is 7.58. The van der Waals surface area contributed by atoms with Crippen LogP contribution in [0.25, 0.3) is 0 Å². The molecule has 2 aliphatic rings. The van der Waals surface area contributed by atoms with Gasteiger partial charge in [0.05, 0.1) is 24.7 Å². The van der Waals surface area contributed by atoms with Crippen LogP contribution in [0.2, 0.25) is 0 Å². The number of morpholine rings is 1. The Bertz CT molecular complexity index is 616. The van der Waals surface area contributed by atoms with Gasteiger partial charge in [-0.2, -0.15) is 4.98 Å². The molecule has 22 heavy (non-hydrogen) atoms. The van der Waals surface area contributed by atoms with Crippen LogP contribution in [0.4, 0.5) is 0 Å². The fourth-order valence-corrected chi connectivity index (χ4v) is 3.38. The largest absolute Gasteiger partial charge is 0.378 e. The molecule has 0 radical (unpaired) electrons. The second kappa shape index (κ2) is 5.82. The van der Waals surface area contributed by atoms with Gasteiger partial charge in [0.1, 0.15) is 0 Å². The summed E-state index contributed by atoms with van der Waals surface area (Å²) in [6.07, 6.45) is 4.45. The minimum Gasteiger partial charge on any atom is -0.378 e. The van der Waals surface area contributed by atoms with Crippen LogP contribution in [0.15, 0.2) is 34.9 Å². The first-order valence-electron chi connectivity index (χ1n) is 8.05. The van der Waals surface area contributed by atoms with Crippen LogP contribution in [0, 0.1) is 0 Å². The van der Waals surface area contributed by atoms with E-state index in [-0.39, 0.29) is 11.5 Å². The molecule has 1 atom stereocenters. The Hall–Kier alpha value is -1.72. The SMILES string of the molecule is c1ccc(CC2(c3nc(C4COCCN4)no3)CCC2)cc1. The lowest BCUT2D eigenvalue weighted by molar-refractivity contribution is 0.0734. The van der Waals surface area contributed by atoms with Crippen LogP contribution >= 0.6 is 0 Å². The lowest BCUT2D eigenvalue weighted by atomic mass is 9.65. The second-order valence-electron chi connectivity index (χ2n) is 6.34. The smallest absolute Gasteiger partial charge is 0.233 e.